The normalized spacial score (nSPS) is 13.3. The second kappa shape index (κ2) is 7.78. The molecule has 1 atom stereocenters. The highest BCUT2D eigenvalue weighted by Gasteiger charge is 2.36. The van der Waals surface area contributed by atoms with E-state index in [4.69, 9.17) is 4.74 Å². The molecule has 1 heterocycles. The first-order valence-corrected chi connectivity index (χ1v) is 7.92. The van der Waals surface area contributed by atoms with Gasteiger partial charge in [-0.3, -0.25) is 0 Å². The summed E-state index contributed by atoms with van der Waals surface area (Å²) in [4.78, 5) is 27.8. The molecule has 2 aromatic rings. The Bertz CT molecular complexity index is 729. The van der Waals surface area contributed by atoms with Gasteiger partial charge in [0, 0.05) is 5.92 Å². The summed E-state index contributed by atoms with van der Waals surface area (Å²) in [6.45, 7) is 5.27. The molecule has 25 heavy (non-hydrogen) atoms. The average Bonchev–Trinajstić information content (AvgIpc) is 3.02. The zero-order valence-electron chi connectivity index (χ0n) is 14.5. The maximum Gasteiger partial charge on any atom is 0.408 e. The van der Waals surface area contributed by atoms with Crippen LogP contribution in [0.5, 0.6) is 0 Å². The molecule has 8 heteroatoms. The van der Waals surface area contributed by atoms with Crippen LogP contribution in [0.3, 0.4) is 0 Å². The minimum absolute atomic E-state index is 0.0587. The number of amides is 1. The number of aromatic nitrogens is 3. The molecule has 134 valence electrons. The summed E-state index contributed by atoms with van der Waals surface area (Å²) in [5.41, 5.74) is -0.761. The van der Waals surface area contributed by atoms with E-state index in [9.17, 15) is 14.7 Å². The molecule has 2 N–H and O–H groups in total. The second-order valence-corrected chi connectivity index (χ2v) is 6.28. The van der Waals surface area contributed by atoms with Crippen molar-refractivity contribution in [1.29, 1.82) is 0 Å². The number of nitrogens with one attached hydrogen (secondary N) is 1. The summed E-state index contributed by atoms with van der Waals surface area (Å²) < 4.78 is 6.50. The Morgan fingerprint density at radius 2 is 2.00 bits per heavy atom. The number of nitrogens with zero attached hydrogens (tertiary/aromatic N) is 3. The first kappa shape index (κ1) is 18.4. The van der Waals surface area contributed by atoms with Crippen LogP contribution in [-0.2, 0) is 22.7 Å². The van der Waals surface area contributed by atoms with Crippen molar-refractivity contribution >= 4 is 12.1 Å². The smallest absolute Gasteiger partial charge is 0.408 e. The van der Waals surface area contributed by atoms with Gasteiger partial charge in [-0.1, -0.05) is 44.2 Å². The first-order chi connectivity index (χ1) is 11.8. The van der Waals surface area contributed by atoms with Crippen LogP contribution in [0.25, 0.3) is 0 Å². The van der Waals surface area contributed by atoms with Crippen LogP contribution in [0.15, 0.2) is 36.7 Å². The molecule has 1 aromatic heterocycles. The van der Waals surface area contributed by atoms with Crippen molar-refractivity contribution in [1.82, 2.24) is 20.1 Å². The maximum absolute atomic E-state index is 12.0. The molecule has 8 nitrogen and oxygen atoms in total. The van der Waals surface area contributed by atoms with E-state index in [1.807, 2.05) is 44.2 Å². The van der Waals surface area contributed by atoms with Crippen molar-refractivity contribution in [3.05, 3.63) is 48.0 Å². The summed E-state index contributed by atoms with van der Waals surface area (Å²) in [6.07, 6.45) is 0.644. The Hall–Kier alpha value is -2.90. The third kappa shape index (κ3) is 5.03. The summed E-state index contributed by atoms with van der Waals surface area (Å²) in [5.74, 6) is -0.453. The van der Waals surface area contributed by atoms with Crippen molar-refractivity contribution < 1.29 is 19.4 Å². The van der Waals surface area contributed by atoms with E-state index in [0.717, 1.165) is 5.56 Å². The van der Waals surface area contributed by atoms with E-state index in [1.165, 1.54) is 17.9 Å². The van der Waals surface area contributed by atoms with Gasteiger partial charge in [0.25, 0.3) is 0 Å². The monoisotopic (exact) mass is 346 g/mol. The highest BCUT2D eigenvalue weighted by atomic mass is 16.5. The van der Waals surface area contributed by atoms with E-state index < -0.39 is 17.6 Å². The fourth-order valence-electron chi connectivity index (χ4n) is 2.12. The summed E-state index contributed by atoms with van der Waals surface area (Å²) in [6, 6.07) is 9.14. The first-order valence-electron chi connectivity index (χ1n) is 7.92. The number of rotatable bonds is 7. The van der Waals surface area contributed by atoms with Crippen LogP contribution in [0.2, 0.25) is 0 Å². The molecule has 1 aromatic carbocycles. The Labute approximate surface area is 145 Å². The molecule has 2 rings (SSSR count). The molecule has 0 spiro atoms. The van der Waals surface area contributed by atoms with E-state index in [-0.39, 0.29) is 19.1 Å². The van der Waals surface area contributed by atoms with E-state index in [2.05, 4.69) is 15.4 Å². The fraction of sp³-hybridized carbons (Fsp3) is 0.412. The van der Waals surface area contributed by atoms with Gasteiger partial charge in [0.15, 0.2) is 11.4 Å². The molecule has 0 aliphatic rings. The average molecular weight is 346 g/mol. The molecule has 0 radical (unpaired) electrons. The fourth-order valence-corrected chi connectivity index (χ4v) is 2.12. The van der Waals surface area contributed by atoms with Gasteiger partial charge in [-0.2, -0.15) is 5.10 Å². The molecule has 0 saturated carbocycles. The van der Waals surface area contributed by atoms with Crippen LogP contribution in [-0.4, -0.2) is 37.5 Å². The molecule has 0 fully saturated rings. The molecular weight excluding hydrogens is 324 g/mol. The van der Waals surface area contributed by atoms with Crippen LogP contribution in [0, 0.1) is 0 Å². The third-order valence-electron chi connectivity index (χ3n) is 3.61. The van der Waals surface area contributed by atoms with Gasteiger partial charge in [0.2, 0.25) is 0 Å². The Balaban J connectivity index is 2.00. The summed E-state index contributed by atoms with van der Waals surface area (Å²) >= 11 is 0. The number of aliphatic carboxylic acids is 1. The predicted molar refractivity (Wildman–Crippen MR) is 89.9 cm³/mol. The van der Waals surface area contributed by atoms with E-state index >= 15 is 0 Å². The van der Waals surface area contributed by atoms with Gasteiger partial charge in [-0.25, -0.2) is 19.3 Å². The molecule has 1 unspecified atom stereocenters. The molecule has 1 amide bonds. The predicted octanol–water partition coefficient (Wildman–Crippen LogP) is 2.17. The van der Waals surface area contributed by atoms with Gasteiger partial charge in [0.05, 0.1) is 6.54 Å². The number of carboxylic acid groups (broad SMARTS) is 1. The molecule has 0 bridgehead atoms. The van der Waals surface area contributed by atoms with Crippen LogP contribution < -0.4 is 5.32 Å². The highest BCUT2D eigenvalue weighted by Crippen LogP contribution is 2.12. The number of hydrogen-bond donors (Lipinski definition) is 2. The van der Waals surface area contributed by atoms with Gasteiger partial charge >= 0.3 is 12.1 Å². The number of carbonyl (C=O) groups excluding carboxylic acids is 1. The van der Waals surface area contributed by atoms with Crippen molar-refractivity contribution in [3.8, 4) is 0 Å². The number of carbonyl (C=O) groups is 2. The zero-order chi connectivity index (χ0) is 18.4. The molecular formula is C17H22N4O4. The van der Waals surface area contributed by atoms with Gasteiger partial charge < -0.3 is 15.2 Å². The zero-order valence-corrected chi connectivity index (χ0v) is 14.5. The Morgan fingerprint density at radius 3 is 2.56 bits per heavy atom. The van der Waals surface area contributed by atoms with Crippen LogP contribution in [0.1, 0.15) is 38.1 Å². The minimum atomic E-state index is -1.57. The molecule has 0 aliphatic carbocycles. The number of ether oxygens (including phenoxy) is 1. The largest absolute Gasteiger partial charge is 0.479 e. The van der Waals surface area contributed by atoms with Crippen molar-refractivity contribution in [3.63, 3.8) is 0 Å². The standard InChI is InChI=1S/C17H22N4O4/c1-12(2)14-18-11-21(20-14)10-17(3,15(22)23)19-16(24)25-9-13-7-5-4-6-8-13/h4-8,11-12H,9-10H2,1-3H3,(H,19,24)(H,22,23). The third-order valence-corrected chi connectivity index (χ3v) is 3.61. The number of carboxylic acids is 1. The summed E-state index contributed by atoms with van der Waals surface area (Å²) in [5, 5.41) is 16.1. The lowest BCUT2D eigenvalue weighted by molar-refractivity contribution is -0.144. The molecule has 0 aliphatic heterocycles. The van der Waals surface area contributed by atoms with Crippen LogP contribution >= 0.6 is 0 Å². The number of alkyl carbamates (subject to hydrolysis) is 1. The second-order valence-electron chi connectivity index (χ2n) is 6.28. The number of hydrogen-bond acceptors (Lipinski definition) is 5. The van der Waals surface area contributed by atoms with Crippen LogP contribution in [0.4, 0.5) is 4.79 Å². The van der Waals surface area contributed by atoms with Gasteiger partial charge in [-0.15, -0.1) is 0 Å². The van der Waals surface area contributed by atoms with Gasteiger partial charge in [-0.05, 0) is 12.5 Å². The lowest BCUT2D eigenvalue weighted by Crippen LogP contribution is -2.55. The maximum atomic E-state index is 12.0. The lowest BCUT2D eigenvalue weighted by atomic mass is 10.0. The molecule has 0 saturated heterocycles. The topological polar surface area (TPSA) is 106 Å². The highest BCUT2D eigenvalue weighted by molar-refractivity contribution is 5.83. The number of benzene rings is 1. The Kier molecular flexibility index (Phi) is 5.74. The quantitative estimate of drug-likeness (QED) is 0.796. The summed E-state index contributed by atoms with van der Waals surface area (Å²) in [7, 11) is 0. The van der Waals surface area contributed by atoms with E-state index in [1.54, 1.807) is 0 Å². The SMILES string of the molecule is CC(C)c1ncn(CC(C)(NC(=O)OCc2ccccc2)C(=O)O)n1. The van der Waals surface area contributed by atoms with Crippen molar-refractivity contribution in [2.45, 2.75) is 45.4 Å². The van der Waals surface area contributed by atoms with E-state index in [0.29, 0.717) is 5.82 Å². The van der Waals surface area contributed by atoms with Crippen molar-refractivity contribution in [2.24, 2.45) is 0 Å². The van der Waals surface area contributed by atoms with Crippen molar-refractivity contribution in [2.75, 3.05) is 0 Å². The van der Waals surface area contributed by atoms with Gasteiger partial charge in [0.1, 0.15) is 12.9 Å². The lowest BCUT2D eigenvalue weighted by Gasteiger charge is -2.25. The Morgan fingerprint density at radius 1 is 1.32 bits per heavy atom. The minimum Gasteiger partial charge on any atom is -0.479 e.